The Morgan fingerprint density at radius 1 is 1.19 bits per heavy atom. The van der Waals surface area contributed by atoms with Crippen LogP contribution in [0.3, 0.4) is 0 Å². The molecule has 0 spiro atoms. The second kappa shape index (κ2) is 6.37. The van der Waals surface area contributed by atoms with Crippen molar-refractivity contribution < 1.29 is 17.5 Å². The second-order valence-electron chi connectivity index (χ2n) is 5.09. The number of hydrogen-bond donors (Lipinski definition) is 0. The molecule has 1 aromatic heterocycles. The largest absolute Gasteiger partial charge is 0.744 e. The predicted octanol–water partition coefficient (Wildman–Crippen LogP) is 2.65. The molecule has 1 heterocycles. The monoisotopic (exact) mass is 305 g/mol. The summed E-state index contributed by atoms with van der Waals surface area (Å²) >= 11 is 0. The first kappa shape index (κ1) is 15.7. The first-order valence-corrected chi connectivity index (χ1v) is 8.39. The summed E-state index contributed by atoms with van der Waals surface area (Å²) in [5, 5.41) is 0. The average molecular weight is 305 g/mol. The van der Waals surface area contributed by atoms with Gasteiger partial charge in [0.2, 0.25) is 5.69 Å². The number of hydrogen-bond acceptors (Lipinski definition) is 3. The van der Waals surface area contributed by atoms with Crippen LogP contribution >= 0.6 is 0 Å². The fraction of sp³-hybridized carbons (Fsp3) is 0.312. The van der Waals surface area contributed by atoms with Gasteiger partial charge in [0.25, 0.3) is 0 Å². The first-order valence-electron chi connectivity index (χ1n) is 6.99. The Hall–Kier alpha value is -1.72. The summed E-state index contributed by atoms with van der Waals surface area (Å²) in [6.07, 6.45) is 3.98. The fourth-order valence-corrected chi connectivity index (χ4v) is 2.97. The molecule has 0 saturated carbocycles. The summed E-state index contributed by atoms with van der Waals surface area (Å²) in [5.74, 6) is 0. The van der Waals surface area contributed by atoms with Crippen LogP contribution in [0.2, 0.25) is 0 Å². The topological polar surface area (TPSA) is 61.1 Å². The second-order valence-corrected chi connectivity index (χ2v) is 6.43. The maximum atomic E-state index is 11.5. The summed E-state index contributed by atoms with van der Waals surface area (Å²) in [6.45, 7) is 4.84. The number of aromatic nitrogens is 1. The molecule has 0 amide bonds. The number of pyridine rings is 1. The van der Waals surface area contributed by atoms with Crippen molar-refractivity contribution in [2.75, 3.05) is 0 Å². The molecule has 0 aliphatic rings. The van der Waals surface area contributed by atoms with E-state index in [1.165, 1.54) is 6.07 Å². The smallest absolute Gasteiger partial charge is 0.214 e. The van der Waals surface area contributed by atoms with Crippen LogP contribution in [0.4, 0.5) is 0 Å². The van der Waals surface area contributed by atoms with Crippen LogP contribution < -0.4 is 4.57 Å². The van der Waals surface area contributed by atoms with Gasteiger partial charge in [-0.15, -0.1) is 0 Å². The van der Waals surface area contributed by atoms with E-state index in [0.29, 0.717) is 5.56 Å². The SMILES string of the molecule is CCCC[n+]1ccc(C)cc1-c1ccccc1S(=O)(=O)[O-]. The Morgan fingerprint density at radius 2 is 1.90 bits per heavy atom. The average Bonchev–Trinajstić information content (AvgIpc) is 2.45. The molecule has 0 aliphatic carbocycles. The minimum absolute atomic E-state index is 0.166. The van der Waals surface area contributed by atoms with Gasteiger partial charge in [-0.25, -0.2) is 8.42 Å². The third-order valence-corrected chi connectivity index (χ3v) is 4.27. The van der Waals surface area contributed by atoms with Crippen molar-refractivity contribution in [3.8, 4) is 11.3 Å². The number of rotatable bonds is 5. The molecule has 5 heteroatoms. The number of nitrogens with zero attached hydrogens (tertiary/aromatic N) is 1. The van der Waals surface area contributed by atoms with Gasteiger partial charge in [0.05, 0.1) is 10.5 Å². The molecular weight excluding hydrogens is 286 g/mol. The summed E-state index contributed by atoms with van der Waals surface area (Å²) in [4.78, 5) is -0.166. The van der Waals surface area contributed by atoms with Crippen LogP contribution in [0.5, 0.6) is 0 Å². The fourth-order valence-electron chi connectivity index (χ4n) is 2.29. The van der Waals surface area contributed by atoms with E-state index >= 15 is 0 Å². The van der Waals surface area contributed by atoms with Crippen LogP contribution in [-0.2, 0) is 16.7 Å². The molecule has 2 rings (SSSR count). The maximum Gasteiger partial charge on any atom is 0.214 e. The Bertz CT molecular complexity index is 739. The lowest BCUT2D eigenvalue weighted by molar-refractivity contribution is -0.686. The zero-order valence-corrected chi connectivity index (χ0v) is 13.1. The maximum absolute atomic E-state index is 11.5. The van der Waals surface area contributed by atoms with Gasteiger partial charge in [0.1, 0.15) is 16.7 Å². The van der Waals surface area contributed by atoms with Crippen LogP contribution in [-0.4, -0.2) is 13.0 Å². The van der Waals surface area contributed by atoms with Gasteiger partial charge in [0.15, 0.2) is 6.20 Å². The molecule has 0 fully saturated rings. The molecule has 0 saturated heterocycles. The van der Waals surface area contributed by atoms with Gasteiger partial charge < -0.3 is 4.55 Å². The van der Waals surface area contributed by atoms with Gasteiger partial charge in [-0.3, -0.25) is 0 Å². The van der Waals surface area contributed by atoms with E-state index in [0.717, 1.165) is 30.6 Å². The highest BCUT2D eigenvalue weighted by atomic mass is 32.2. The van der Waals surface area contributed by atoms with Crippen LogP contribution in [0.15, 0.2) is 47.5 Å². The summed E-state index contributed by atoms with van der Waals surface area (Å²) in [6, 6.07) is 10.3. The lowest BCUT2D eigenvalue weighted by atomic mass is 10.1. The van der Waals surface area contributed by atoms with E-state index in [-0.39, 0.29) is 4.90 Å². The quantitative estimate of drug-likeness (QED) is 0.630. The van der Waals surface area contributed by atoms with E-state index in [2.05, 4.69) is 6.92 Å². The highest BCUT2D eigenvalue weighted by Gasteiger charge is 2.19. The van der Waals surface area contributed by atoms with Gasteiger partial charge in [-0.05, 0) is 24.6 Å². The molecule has 0 unspecified atom stereocenters. The predicted molar refractivity (Wildman–Crippen MR) is 79.7 cm³/mol. The highest BCUT2D eigenvalue weighted by Crippen LogP contribution is 2.25. The standard InChI is InChI=1S/C16H19NO3S/c1-3-4-10-17-11-9-13(2)12-15(17)14-7-5-6-8-16(14)21(18,19)20/h5-9,11-12H,3-4,10H2,1-2H3. The number of aryl methyl sites for hydroxylation is 2. The van der Waals surface area contributed by atoms with Crippen molar-refractivity contribution in [2.24, 2.45) is 0 Å². The minimum Gasteiger partial charge on any atom is -0.744 e. The number of unbranched alkanes of at least 4 members (excludes halogenated alkanes) is 1. The summed E-state index contributed by atoms with van der Waals surface area (Å²) < 4.78 is 36.4. The Morgan fingerprint density at radius 3 is 2.57 bits per heavy atom. The molecular formula is C16H19NO3S. The molecule has 0 bridgehead atoms. The lowest BCUT2D eigenvalue weighted by Crippen LogP contribution is -2.36. The van der Waals surface area contributed by atoms with Crippen molar-refractivity contribution >= 4 is 10.1 Å². The third kappa shape index (κ3) is 3.68. The van der Waals surface area contributed by atoms with Crippen molar-refractivity contribution in [2.45, 2.75) is 38.1 Å². The molecule has 2 aromatic rings. The van der Waals surface area contributed by atoms with Gasteiger partial charge in [-0.1, -0.05) is 25.5 Å². The zero-order chi connectivity index (χ0) is 15.5. The zero-order valence-electron chi connectivity index (χ0n) is 12.2. The molecule has 0 aliphatic heterocycles. The van der Waals surface area contributed by atoms with E-state index in [4.69, 9.17) is 0 Å². The summed E-state index contributed by atoms with van der Waals surface area (Å²) in [5.41, 5.74) is 2.25. The highest BCUT2D eigenvalue weighted by molar-refractivity contribution is 7.85. The van der Waals surface area contributed by atoms with Gasteiger partial charge >= 0.3 is 0 Å². The normalized spacial score (nSPS) is 11.6. The van der Waals surface area contributed by atoms with Crippen LogP contribution in [0.25, 0.3) is 11.3 Å². The first-order chi connectivity index (χ1) is 9.93. The molecule has 1 aromatic carbocycles. The van der Waals surface area contributed by atoms with Crippen molar-refractivity contribution in [3.63, 3.8) is 0 Å². The van der Waals surface area contributed by atoms with E-state index < -0.39 is 10.1 Å². The minimum atomic E-state index is -4.50. The van der Waals surface area contributed by atoms with E-state index in [1.54, 1.807) is 18.2 Å². The van der Waals surface area contributed by atoms with Crippen LogP contribution in [0.1, 0.15) is 25.3 Å². The summed E-state index contributed by atoms with van der Waals surface area (Å²) in [7, 11) is -4.50. The lowest BCUT2D eigenvalue weighted by Gasteiger charge is -2.12. The Labute approximate surface area is 125 Å². The van der Waals surface area contributed by atoms with Crippen molar-refractivity contribution in [1.82, 2.24) is 0 Å². The molecule has 0 atom stereocenters. The molecule has 4 nitrogen and oxygen atoms in total. The molecule has 112 valence electrons. The molecule has 0 N–H and O–H groups in total. The Balaban J connectivity index is 2.64. The van der Waals surface area contributed by atoms with E-state index in [1.807, 2.05) is 29.8 Å². The number of benzene rings is 1. The van der Waals surface area contributed by atoms with Crippen LogP contribution in [0, 0.1) is 6.92 Å². The Kier molecular flexibility index (Phi) is 4.75. The van der Waals surface area contributed by atoms with Gasteiger partial charge in [-0.2, -0.15) is 4.57 Å². The third-order valence-electron chi connectivity index (χ3n) is 3.38. The molecule has 0 radical (unpaired) electrons. The van der Waals surface area contributed by atoms with Crippen molar-refractivity contribution in [3.05, 3.63) is 48.2 Å². The van der Waals surface area contributed by atoms with Gasteiger partial charge in [0, 0.05) is 18.6 Å². The van der Waals surface area contributed by atoms with E-state index in [9.17, 15) is 13.0 Å². The van der Waals surface area contributed by atoms with Crippen molar-refractivity contribution in [1.29, 1.82) is 0 Å². The molecule has 21 heavy (non-hydrogen) atoms.